The summed E-state index contributed by atoms with van der Waals surface area (Å²) in [6, 6.07) is 22.8. The fourth-order valence-electron chi connectivity index (χ4n) is 2.69. The van der Waals surface area contributed by atoms with Gasteiger partial charge in [0.1, 0.15) is 0 Å². The molecule has 1 heterocycles. The highest BCUT2D eigenvalue weighted by Crippen LogP contribution is 2.25. The molecule has 100 valence electrons. The number of nitrogens with zero attached hydrogens (tertiary/aromatic N) is 2. The van der Waals surface area contributed by atoms with Crippen LogP contribution in [0.4, 0.5) is 0 Å². The largest absolute Gasteiger partial charge is 0.233 e. The van der Waals surface area contributed by atoms with Gasteiger partial charge >= 0.3 is 0 Å². The zero-order valence-electron chi connectivity index (χ0n) is 11.7. The summed E-state index contributed by atoms with van der Waals surface area (Å²) in [4.78, 5) is 9.41. The molecule has 0 aliphatic rings. The van der Waals surface area contributed by atoms with Gasteiger partial charge in [0.05, 0.1) is 5.52 Å². The minimum atomic E-state index is 0.788. The Morgan fingerprint density at radius 2 is 1.38 bits per heavy atom. The van der Waals surface area contributed by atoms with Crippen molar-refractivity contribution < 1.29 is 0 Å². The monoisotopic (exact) mass is 270 g/mol. The highest BCUT2D eigenvalue weighted by molar-refractivity contribution is 5.97. The molecule has 0 N–H and O–H groups in total. The summed E-state index contributed by atoms with van der Waals surface area (Å²) in [7, 11) is 0. The molecule has 0 unspecified atom stereocenters. The topological polar surface area (TPSA) is 25.8 Å². The van der Waals surface area contributed by atoms with Crippen molar-refractivity contribution in [2.75, 3.05) is 0 Å². The van der Waals surface area contributed by atoms with Crippen LogP contribution in [0.15, 0.2) is 66.7 Å². The van der Waals surface area contributed by atoms with Crippen LogP contribution in [0.1, 0.15) is 5.69 Å². The van der Waals surface area contributed by atoms with Gasteiger partial charge in [0.15, 0.2) is 5.82 Å². The molecule has 1 aromatic heterocycles. The number of benzene rings is 3. The minimum Gasteiger partial charge on any atom is -0.233 e. The van der Waals surface area contributed by atoms with Crippen LogP contribution in [-0.2, 0) is 0 Å². The second kappa shape index (κ2) is 4.67. The van der Waals surface area contributed by atoms with Gasteiger partial charge in [-0.15, -0.1) is 0 Å². The van der Waals surface area contributed by atoms with Crippen LogP contribution in [0.25, 0.3) is 33.1 Å². The van der Waals surface area contributed by atoms with Crippen LogP contribution in [0.2, 0.25) is 0 Å². The number of hydrogen-bond acceptors (Lipinski definition) is 2. The van der Waals surface area contributed by atoms with E-state index in [0.717, 1.165) is 28.0 Å². The van der Waals surface area contributed by atoms with Crippen LogP contribution >= 0.6 is 0 Å². The highest BCUT2D eigenvalue weighted by atomic mass is 14.9. The third-order valence-corrected chi connectivity index (χ3v) is 3.79. The Bertz CT molecular complexity index is 943. The van der Waals surface area contributed by atoms with Crippen LogP contribution in [-0.4, -0.2) is 9.97 Å². The van der Waals surface area contributed by atoms with Crippen molar-refractivity contribution in [3.8, 4) is 11.4 Å². The molecule has 2 heteroatoms. The van der Waals surface area contributed by atoms with Crippen molar-refractivity contribution in [3.05, 3.63) is 72.4 Å². The fraction of sp³-hybridized carbons (Fsp3) is 0.0526. The van der Waals surface area contributed by atoms with E-state index >= 15 is 0 Å². The quantitative estimate of drug-likeness (QED) is 0.466. The van der Waals surface area contributed by atoms with E-state index in [0.29, 0.717) is 0 Å². The van der Waals surface area contributed by atoms with Gasteiger partial charge < -0.3 is 0 Å². The lowest BCUT2D eigenvalue weighted by atomic mass is 10.1. The molecule has 0 radical (unpaired) electrons. The Kier molecular flexibility index (Phi) is 2.68. The number of rotatable bonds is 1. The number of aryl methyl sites for hydroxylation is 1. The van der Waals surface area contributed by atoms with Crippen molar-refractivity contribution in [2.24, 2.45) is 0 Å². The van der Waals surface area contributed by atoms with Crippen LogP contribution < -0.4 is 0 Å². The standard InChI is InChI=1S/C19H14N2/c1-13-17-11-15-9-5-6-10-16(15)12-18(17)21-19(20-13)14-7-3-2-4-8-14/h2-12H,1H3. The highest BCUT2D eigenvalue weighted by Gasteiger charge is 2.07. The van der Waals surface area contributed by atoms with E-state index in [1.165, 1.54) is 10.8 Å². The zero-order chi connectivity index (χ0) is 14.2. The smallest absolute Gasteiger partial charge is 0.160 e. The average Bonchev–Trinajstić information content (AvgIpc) is 2.54. The molecule has 0 bridgehead atoms. The first-order valence-electron chi connectivity index (χ1n) is 7.04. The Morgan fingerprint density at radius 1 is 0.714 bits per heavy atom. The second-order valence-electron chi connectivity index (χ2n) is 5.22. The van der Waals surface area contributed by atoms with E-state index in [-0.39, 0.29) is 0 Å². The molecule has 0 saturated carbocycles. The number of aromatic nitrogens is 2. The van der Waals surface area contributed by atoms with Crippen LogP contribution in [0, 0.1) is 6.92 Å². The first-order chi connectivity index (χ1) is 10.3. The maximum absolute atomic E-state index is 4.75. The van der Waals surface area contributed by atoms with Crippen molar-refractivity contribution in [1.82, 2.24) is 9.97 Å². The zero-order valence-corrected chi connectivity index (χ0v) is 11.7. The lowest BCUT2D eigenvalue weighted by molar-refractivity contribution is 1.16. The van der Waals surface area contributed by atoms with Gasteiger partial charge in [0.2, 0.25) is 0 Å². The summed E-state index contributed by atoms with van der Waals surface area (Å²) in [5.74, 6) is 0.788. The van der Waals surface area contributed by atoms with Gasteiger partial charge in [-0.3, -0.25) is 0 Å². The maximum atomic E-state index is 4.75. The molecule has 4 aromatic rings. The molecule has 0 saturated heterocycles. The summed E-state index contributed by atoms with van der Waals surface area (Å²) in [6.07, 6.45) is 0. The van der Waals surface area contributed by atoms with Gasteiger partial charge in [-0.25, -0.2) is 9.97 Å². The molecular formula is C19H14N2. The Morgan fingerprint density at radius 3 is 2.14 bits per heavy atom. The molecule has 0 fully saturated rings. The van der Waals surface area contributed by atoms with Crippen LogP contribution in [0.3, 0.4) is 0 Å². The summed E-state index contributed by atoms with van der Waals surface area (Å²) in [5, 5.41) is 3.56. The number of fused-ring (bicyclic) bond motifs is 2. The molecule has 0 spiro atoms. The summed E-state index contributed by atoms with van der Waals surface area (Å²) < 4.78 is 0. The Hall–Kier alpha value is -2.74. The molecule has 0 atom stereocenters. The van der Waals surface area contributed by atoms with Gasteiger partial charge in [-0.2, -0.15) is 0 Å². The molecule has 2 nitrogen and oxygen atoms in total. The normalized spacial score (nSPS) is 11.1. The van der Waals surface area contributed by atoms with E-state index in [1.54, 1.807) is 0 Å². The molecule has 0 amide bonds. The van der Waals surface area contributed by atoms with Crippen molar-refractivity contribution in [3.63, 3.8) is 0 Å². The third-order valence-electron chi connectivity index (χ3n) is 3.79. The number of hydrogen-bond donors (Lipinski definition) is 0. The summed E-state index contributed by atoms with van der Waals surface area (Å²) in [6.45, 7) is 2.05. The SMILES string of the molecule is Cc1nc(-c2ccccc2)nc2cc3ccccc3cc12. The molecule has 0 aliphatic carbocycles. The van der Waals surface area contributed by atoms with Crippen molar-refractivity contribution in [2.45, 2.75) is 6.92 Å². The van der Waals surface area contributed by atoms with Crippen molar-refractivity contribution >= 4 is 21.7 Å². The third kappa shape index (κ3) is 2.05. The van der Waals surface area contributed by atoms with Crippen molar-refractivity contribution in [1.29, 1.82) is 0 Å². The summed E-state index contributed by atoms with van der Waals surface area (Å²) in [5.41, 5.74) is 3.07. The lowest BCUT2D eigenvalue weighted by Crippen LogP contribution is -1.94. The van der Waals surface area contributed by atoms with Gasteiger partial charge in [-0.1, -0.05) is 54.6 Å². The lowest BCUT2D eigenvalue weighted by Gasteiger charge is -2.07. The molecule has 3 aromatic carbocycles. The maximum Gasteiger partial charge on any atom is 0.160 e. The minimum absolute atomic E-state index is 0.788. The molecule has 0 aliphatic heterocycles. The van der Waals surface area contributed by atoms with Gasteiger partial charge in [0.25, 0.3) is 0 Å². The van der Waals surface area contributed by atoms with E-state index < -0.39 is 0 Å². The first-order valence-corrected chi connectivity index (χ1v) is 7.04. The Balaban J connectivity index is 2.03. The predicted molar refractivity (Wildman–Crippen MR) is 87.2 cm³/mol. The second-order valence-corrected chi connectivity index (χ2v) is 5.22. The Labute approximate surface area is 123 Å². The molecule has 4 rings (SSSR count). The summed E-state index contributed by atoms with van der Waals surface area (Å²) >= 11 is 0. The van der Waals surface area contributed by atoms with Crippen LogP contribution in [0.5, 0.6) is 0 Å². The molecule has 21 heavy (non-hydrogen) atoms. The first kappa shape index (κ1) is 12.0. The van der Waals surface area contributed by atoms with E-state index in [4.69, 9.17) is 4.98 Å². The van der Waals surface area contributed by atoms with Gasteiger partial charge in [-0.05, 0) is 29.8 Å². The predicted octanol–water partition coefficient (Wildman–Crippen LogP) is 4.76. The van der Waals surface area contributed by atoms with Gasteiger partial charge in [0, 0.05) is 16.6 Å². The fourth-order valence-corrected chi connectivity index (χ4v) is 2.69. The van der Waals surface area contributed by atoms with E-state index in [9.17, 15) is 0 Å². The molecular weight excluding hydrogens is 256 g/mol. The average molecular weight is 270 g/mol. The van der Waals surface area contributed by atoms with E-state index in [2.05, 4.69) is 41.4 Å². The van der Waals surface area contributed by atoms with E-state index in [1.807, 2.05) is 37.3 Å².